The Hall–Kier alpha value is -3.76. The summed E-state index contributed by atoms with van der Waals surface area (Å²) in [6.45, 7) is 0.568. The Kier molecular flexibility index (Phi) is 5.64. The average Bonchev–Trinajstić information content (AvgIpc) is 3.19. The predicted octanol–water partition coefficient (Wildman–Crippen LogP) is 4.00. The van der Waals surface area contributed by atoms with Gasteiger partial charge in [-0.15, -0.1) is 0 Å². The summed E-state index contributed by atoms with van der Waals surface area (Å²) in [6.07, 6.45) is -2.01. The lowest BCUT2D eigenvalue weighted by Gasteiger charge is -2.33. The zero-order valence-corrected chi connectivity index (χ0v) is 17.4. The highest BCUT2D eigenvalue weighted by Crippen LogP contribution is 2.36. The molecule has 0 unspecified atom stereocenters. The molecule has 11 heteroatoms. The number of carbonyl (C=O) groups is 2. The van der Waals surface area contributed by atoms with Crippen LogP contribution in [0.5, 0.6) is 0 Å². The van der Waals surface area contributed by atoms with Gasteiger partial charge in [-0.05, 0) is 42.8 Å². The second-order valence-corrected chi connectivity index (χ2v) is 7.74. The monoisotopic (exact) mass is 461 g/mol. The van der Waals surface area contributed by atoms with Crippen LogP contribution in [0.2, 0.25) is 0 Å². The number of aromatic nitrogens is 3. The zero-order chi connectivity index (χ0) is 23.9. The van der Waals surface area contributed by atoms with E-state index in [2.05, 4.69) is 10.1 Å². The number of rotatable bonds is 5. The van der Waals surface area contributed by atoms with Crippen molar-refractivity contribution in [3.05, 3.63) is 70.7 Å². The lowest BCUT2D eigenvalue weighted by molar-refractivity contribution is -0.138. The third-order valence-corrected chi connectivity index (χ3v) is 5.52. The minimum atomic E-state index is -4.71. The van der Waals surface area contributed by atoms with Crippen molar-refractivity contribution >= 4 is 23.2 Å². The second-order valence-electron chi connectivity index (χ2n) is 7.74. The van der Waals surface area contributed by atoms with Crippen molar-refractivity contribution in [2.75, 3.05) is 17.2 Å². The first-order valence-electron chi connectivity index (χ1n) is 9.99. The van der Waals surface area contributed by atoms with Crippen LogP contribution in [0.15, 0.2) is 42.7 Å². The van der Waals surface area contributed by atoms with Gasteiger partial charge in [-0.3, -0.25) is 14.3 Å². The summed E-state index contributed by atoms with van der Waals surface area (Å²) in [7, 11) is 0. The van der Waals surface area contributed by atoms with Crippen molar-refractivity contribution in [2.45, 2.75) is 32.2 Å². The van der Waals surface area contributed by atoms with E-state index in [0.717, 1.165) is 18.2 Å². The summed E-state index contributed by atoms with van der Waals surface area (Å²) in [5.74, 6) is -0.839. The van der Waals surface area contributed by atoms with E-state index in [-0.39, 0.29) is 47.6 Å². The Morgan fingerprint density at radius 2 is 2.00 bits per heavy atom. The molecule has 7 nitrogen and oxygen atoms in total. The first-order chi connectivity index (χ1) is 15.6. The van der Waals surface area contributed by atoms with Crippen molar-refractivity contribution in [3.63, 3.8) is 0 Å². The fraction of sp³-hybridized carbons (Fsp3) is 0.273. The van der Waals surface area contributed by atoms with E-state index in [4.69, 9.17) is 5.73 Å². The molecule has 2 aromatic heterocycles. The van der Waals surface area contributed by atoms with Gasteiger partial charge in [0.1, 0.15) is 18.2 Å². The molecule has 0 bridgehead atoms. The van der Waals surface area contributed by atoms with Gasteiger partial charge in [0.2, 0.25) is 0 Å². The molecule has 0 fully saturated rings. The van der Waals surface area contributed by atoms with Crippen LogP contribution >= 0.6 is 0 Å². The molecule has 1 aliphatic heterocycles. The second kappa shape index (κ2) is 8.30. The fourth-order valence-corrected chi connectivity index (χ4v) is 3.93. The van der Waals surface area contributed by atoms with E-state index in [9.17, 15) is 27.2 Å². The van der Waals surface area contributed by atoms with Crippen molar-refractivity contribution in [1.29, 1.82) is 0 Å². The number of pyridine rings is 1. The molecular weight excluding hydrogens is 442 g/mol. The van der Waals surface area contributed by atoms with Gasteiger partial charge < -0.3 is 10.6 Å². The number of amides is 1. The summed E-state index contributed by atoms with van der Waals surface area (Å²) in [5, 5.41) is 4.23. The first-order valence-corrected chi connectivity index (χ1v) is 9.99. The lowest BCUT2D eigenvalue weighted by atomic mass is 10.0. The number of nitrogens with zero attached hydrogens (tertiary/aromatic N) is 4. The molecule has 1 aromatic carbocycles. The highest BCUT2D eigenvalue weighted by Gasteiger charge is 2.36. The van der Waals surface area contributed by atoms with Gasteiger partial charge in [0.05, 0.1) is 23.4 Å². The molecule has 1 atom stereocenters. The summed E-state index contributed by atoms with van der Waals surface area (Å²) in [5.41, 5.74) is 4.96. The van der Waals surface area contributed by atoms with E-state index in [1.165, 1.54) is 28.0 Å². The maximum absolute atomic E-state index is 13.4. The predicted molar refractivity (Wildman–Crippen MR) is 112 cm³/mol. The van der Waals surface area contributed by atoms with Crippen molar-refractivity contribution in [2.24, 2.45) is 0 Å². The SMILES string of the molecule is C[C@H]1CN(c2ccc(C(F)(F)F)c(CF)c2)C(=O)c2c(CC(=O)c3cccnc3N)cnn21. The maximum atomic E-state index is 13.4. The highest BCUT2D eigenvalue weighted by molar-refractivity contribution is 6.08. The lowest BCUT2D eigenvalue weighted by Crippen LogP contribution is -2.43. The number of alkyl halides is 4. The molecule has 0 saturated carbocycles. The molecule has 2 N–H and O–H groups in total. The van der Waals surface area contributed by atoms with Gasteiger partial charge in [-0.25, -0.2) is 9.37 Å². The van der Waals surface area contributed by atoms with Crippen LogP contribution in [0.1, 0.15) is 50.5 Å². The summed E-state index contributed by atoms with van der Waals surface area (Å²) >= 11 is 0. The van der Waals surface area contributed by atoms with E-state index in [1.54, 1.807) is 13.0 Å². The van der Waals surface area contributed by atoms with Crippen LogP contribution in [-0.4, -0.2) is 33.0 Å². The Morgan fingerprint density at radius 3 is 2.67 bits per heavy atom. The minimum Gasteiger partial charge on any atom is -0.383 e. The Bertz CT molecular complexity index is 1240. The number of ketones is 1. The van der Waals surface area contributed by atoms with Crippen LogP contribution in [-0.2, 0) is 19.3 Å². The summed E-state index contributed by atoms with van der Waals surface area (Å²) in [4.78, 5) is 31.2. The topological polar surface area (TPSA) is 94.1 Å². The van der Waals surface area contributed by atoms with Gasteiger partial charge in [0.15, 0.2) is 5.78 Å². The number of hydrogen-bond donors (Lipinski definition) is 1. The molecule has 4 rings (SSSR count). The molecule has 1 amide bonds. The summed E-state index contributed by atoms with van der Waals surface area (Å²) in [6, 6.07) is 5.70. The third-order valence-electron chi connectivity index (χ3n) is 5.52. The maximum Gasteiger partial charge on any atom is 0.416 e. The molecule has 1 aliphatic rings. The fourth-order valence-electron chi connectivity index (χ4n) is 3.93. The van der Waals surface area contributed by atoms with Crippen molar-refractivity contribution in [3.8, 4) is 0 Å². The van der Waals surface area contributed by atoms with Gasteiger partial charge in [-0.1, -0.05) is 0 Å². The van der Waals surface area contributed by atoms with Gasteiger partial charge >= 0.3 is 6.18 Å². The molecule has 172 valence electrons. The molecule has 3 aromatic rings. The van der Waals surface area contributed by atoms with Gasteiger partial charge in [-0.2, -0.15) is 18.3 Å². The Labute approximate surface area is 185 Å². The van der Waals surface area contributed by atoms with Crippen molar-refractivity contribution < 1.29 is 27.2 Å². The number of nitrogens with two attached hydrogens (primary N) is 1. The van der Waals surface area contributed by atoms with Crippen LogP contribution in [0, 0.1) is 0 Å². The molecule has 0 spiro atoms. The smallest absolute Gasteiger partial charge is 0.383 e. The minimum absolute atomic E-state index is 0.0633. The number of hydrogen-bond acceptors (Lipinski definition) is 5. The number of Topliss-reactive ketones (excluding diaryl/α,β-unsaturated/α-hetero) is 1. The molecular formula is C22H19F4N5O2. The van der Waals surface area contributed by atoms with Crippen LogP contribution in [0.4, 0.5) is 29.1 Å². The van der Waals surface area contributed by atoms with Crippen LogP contribution in [0.3, 0.4) is 0 Å². The van der Waals surface area contributed by atoms with E-state index < -0.39 is 29.9 Å². The van der Waals surface area contributed by atoms with E-state index in [0.29, 0.717) is 5.56 Å². The molecule has 0 aliphatic carbocycles. The van der Waals surface area contributed by atoms with E-state index in [1.807, 2.05) is 0 Å². The molecule has 3 heterocycles. The van der Waals surface area contributed by atoms with Crippen LogP contribution < -0.4 is 10.6 Å². The first kappa shape index (κ1) is 22.4. The quantitative estimate of drug-likeness (QED) is 0.458. The number of anilines is 2. The largest absolute Gasteiger partial charge is 0.416 e. The Morgan fingerprint density at radius 1 is 1.24 bits per heavy atom. The van der Waals surface area contributed by atoms with Gasteiger partial charge in [0, 0.05) is 30.4 Å². The summed E-state index contributed by atoms with van der Waals surface area (Å²) < 4.78 is 54.3. The molecule has 33 heavy (non-hydrogen) atoms. The van der Waals surface area contributed by atoms with E-state index >= 15 is 0 Å². The molecule has 0 radical (unpaired) electrons. The number of halogens is 4. The standard InChI is InChI=1S/C22H19F4N5O2/c1-12-11-30(15-4-5-17(22(24,25)26)13(7-15)9-23)21(33)19-14(10-29-31(12)19)8-18(32)16-3-2-6-28-20(16)27/h2-7,10,12H,8-9,11H2,1H3,(H2,27,28)/t12-/m0/s1. The number of benzene rings is 1. The third kappa shape index (κ3) is 4.06. The normalized spacial score (nSPS) is 16.1. The Balaban J connectivity index is 1.68. The number of nitrogen functional groups attached to an aromatic ring is 1. The zero-order valence-electron chi connectivity index (χ0n) is 17.4. The average molecular weight is 461 g/mol. The van der Waals surface area contributed by atoms with Crippen molar-refractivity contribution in [1.82, 2.24) is 14.8 Å². The number of fused-ring (bicyclic) bond motifs is 1. The molecule has 0 saturated heterocycles. The highest BCUT2D eigenvalue weighted by atomic mass is 19.4. The van der Waals surface area contributed by atoms with Gasteiger partial charge in [0.25, 0.3) is 5.91 Å². The van der Waals surface area contributed by atoms with Crippen LogP contribution in [0.25, 0.3) is 0 Å². The number of carbonyl (C=O) groups excluding carboxylic acids is 2.